The first kappa shape index (κ1) is 21.3. The smallest absolute Gasteiger partial charge is 0.417 e. The lowest BCUT2D eigenvalue weighted by atomic mass is 10.1. The average molecular weight is 468 g/mol. The molecule has 3 aromatic heterocycles. The number of hydrogen-bond acceptors (Lipinski definition) is 7. The molecule has 1 aliphatic carbocycles. The van der Waals surface area contributed by atoms with Crippen LogP contribution in [0.4, 0.5) is 24.7 Å². The Morgan fingerprint density at radius 2 is 2.09 bits per heavy atom. The van der Waals surface area contributed by atoms with Crippen LogP contribution in [-0.2, 0) is 6.18 Å². The lowest BCUT2D eigenvalue weighted by Gasteiger charge is -2.12. The monoisotopic (exact) mass is 468 g/mol. The number of alkyl halides is 3. The minimum absolute atomic E-state index is 0.0817. The number of benzene rings is 1. The van der Waals surface area contributed by atoms with Gasteiger partial charge in [-0.15, -0.1) is 0 Å². The number of hydrogen-bond donors (Lipinski definition) is 4. The summed E-state index contributed by atoms with van der Waals surface area (Å²) in [7, 11) is 0. The van der Waals surface area contributed by atoms with E-state index in [1.807, 2.05) is 0 Å². The molecule has 5 rings (SSSR count). The van der Waals surface area contributed by atoms with Gasteiger partial charge in [0.2, 0.25) is 5.88 Å². The van der Waals surface area contributed by atoms with E-state index in [1.165, 1.54) is 22.9 Å². The van der Waals surface area contributed by atoms with Crippen LogP contribution in [0.2, 0.25) is 0 Å². The lowest BCUT2D eigenvalue weighted by Crippen LogP contribution is -2.20. The fraction of sp³-hybridized carbons (Fsp3) is 0.190. The van der Waals surface area contributed by atoms with Crippen LogP contribution in [0.3, 0.4) is 0 Å². The number of anilines is 2. The Hall–Kier alpha value is -4.60. The Balaban J connectivity index is 1.65. The number of rotatable bonds is 4. The lowest BCUT2D eigenvalue weighted by molar-refractivity contribution is -0.137. The molecule has 4 aromatic rings. The molecule has 1 saturated carbocycles. The number of nitriles is 1. The molecule has 3 heterocycles. The van der Waals surface area contributed by atoms with Crippen molar-refractivity contribution in [2.24, 2.45) is 4.99 Å². The number of nitrogens with zero attached hydrogens (tertiary/aromatic N) is 5. The van der Waals surface area contributed by atoms with E-state index in [-0.39, 0.29) is 29.1 Å². The predicted octanol–water partition coefficient (Wildman–Crippen LogP) is 1.70. The second-order valence-corrected chi connectivity index (χ2v) is 7.68. The third-order valence-corrected chi connectivity index (χ3v) is 5.09. The third-order valence-electron chi connectivity index (χ3n) is 5.09. The molecule has 10 nitrogen and oxygen atoms in total. The topological polar surface area (TPSA) is 147 Å². The zero-order chi connectivity index (χ0) is 24.0. The summed E-state index contributed by atoms with van der Waals surface area (Å²) in [5.74, 6) is -0.162. The van der Waals surface area contributed by atoms with E-state index in [2.05, 4.69) is 30.4 Å². The van der Waals surface area contributed by atoms with E-state index in [4.69, 9.17) is 5.26 Å². The van der Waals surface area contributed by atoms with Gasteiger partial charge >= 0.3 is 11.9 Å². The number of halogens is 3. The van der Waals surface area contributed by atoms with Crippen molar-refractivity contribution in [1.29, 1.82) is 5.26 Å². The number of aromatic hydroxyl groups is 1. The van der Waals surface area contributed by atoms with Crippen molar-refractivity contribution < 1.29 is 18.3 Å². The van der Waals surface area contributed by atoms with Gasteiger partial charge in [-0.05, 0) is 37.1 Å². The van der Waals surface area contributed by atoms with E-state index in [0.717, 1.165) is 25.0 Å². The summed E-state index contributed by atoms with van der Waals surface area (Å²) < 4.78 is 41.5. The van der Waals surface area contributed by atoms with Gasteiger partial charge in [-0.3, -0.25) is 9.98 Å². The van der Waals surface area contributed by atoms with Gasteiger partial charge in [-0.1, -0.05) is 0 Å². The standard InChI is InChI=1S/C21H15F3N8O2/c22-21(23,24)14-6-13(2-1-10(14)8-25)27-16-7-17(28-12-3-4-12)32-18(30-16)11(9-26-32)5-15-19(33)31-20(34)29-15/h1-2,5-7,9,12,27,33H,3-4H2,(H2,29,31,34). The number of nitrogens with one attached hydrogen (secondary N) is 3. The fourth-order valence-electron chi connectivity index (χ4n) is 3.36. The first-order valence-electron chi connectivity index (χ1n) is 10.1. The molecule has 0 spiro atoms. The molecular weight excluding hydrogens is 453 g/mol. The Bertz CT molecular complexity index is 1640. The van der Waals surface area contributed by atoms with Crippen molar-refractivity contribution in [2.45, 2.75) is 25.1 Å². The minimum Gasteiger partial charge on any atom is -0.493 e. The van der Waals surface area contributed by atoms with E-state index >= 15 is 0 Å². The molecule has 13 heteroatoms. The summed E-state index contributed by atoms with van der Waals surface area (Å²) in [5, 5.41) is 26.4. The summed E-state index contributed by atoms with van der Waals surface area (Å²) in [6, 6.07) is 6.50. The Labute approximate surface area is 187 Å². The Morgan fingerprint density at radius 3 is 2.74 bits per heavy atom. The summed E-state index contributed by atoms with van der Waals surface area (Å²) >= 11 is 0. The van der Waals surface area contributed by atoms with Crippen molar-refractivity contribution in [3.05, 3.63) is 68.5 Å². The highest BCUT2D eigenvalue weighted by atomic mass is 19.4. The molecule has 172 valence electrons. The normalized spacial score (nSPS) is 15.1. The zero-order valence-corrected chi connectivity index (χ0v) is 17.2. The van der Waals surface area contributed by atoms with Gasteiger partial charge in [-0.2, -0.15) is 28.0 Å². The molecule has 1 aromatic carbocycles. The minimum atomic E-state index is -4.70. The number of H-pyrrole nitrogens is 2. The maximum Gasteiger partial charge on any atom is 0.417 e. The first-order chi connectivity index (χ1) is 16.2. The number of fused-ring (bicyclic) bond motifs is 1. The van der Waals surface area contributed by atoms with Gasteiger partial charge < -0.3 is 15.4 Å². The van der Waals surface area contributed by atoms with Crippen LogP contribution in [0.15, 0.2) is 40.2 Å². The van der Waals surface area contributed by atoms with Crippen molar-refractivity contribution in [3.8, 4) is 11.9 Å². The molecular formula is C21H15F3N8O2. The molecule has 0 aliphatic heterocycles. The highest BCUT2D eigenvalue weighted by Gasteiger charge is 2.34. The van der Waals surface area contributed by atoms with Gasteiger partial charge in [-0.25, -0.2) is 9.78 Å². The van der Waals surface area contributed by atoms with E-state index in [0.29, 0.717) is 16.4 Å². The number of imidazole rings is 1. The largest absolute Gasteiger partial charge is 0.493 e. The molecule has 0 saturated heterocycles. The van der Waals surface area contributed by atoms with Crippen molar-refractivity contribution in [1.82, 2.24) is 24.6 Å². The maximum absolute atomic E-state index is 13.4. The second kappa shape index (κ2) is 7.77. The van der Waals surface area contributed by atoms with E-state index in [1.54, 1.807) is 12.1 Å². The predicted molar refractivity (Wildman–Crippen MR) is 113 cm³/mol. The first-order valence-corrected chi connectivity index (χ1v) is 10.1. The quantitative estimate of drug-likeness (QED) is 0.358. The number of aromatic nitrogens is 5. The van der Waals surface area contributed by atoms with Gasteiger partial charge in [0.1, 0.15) is 11.5 Å². The van der Waals surface area contributed by atoms with Crippen LogP contribution in [0.1, 0.15) is 29.7 Å². The van der Waals surface area contributed by atoms with Crippen LogP contribution in [0.5, 0.6) is 5.88 Å². The molecule has 1 aliphatic rings. The maximum atomic E-state index is 13.4. The van der Waals surface area contributed by atoms with E-state index in [9.17, 15) is 23.1 Å². The summed E-state index contributed by atoms with van der Waals surface area (Å²) in [6.45, 7) is 0. The van der Waals surface area contributed by atoms with Crippen LogP contribution in [0, 0.1) is 11.3 Å². The number of aromatic amines is 2. The molecule has 0 radical (unpaired) electrons. The molecule has 4 N–H and O–H groups in total. The second-order valence-electron chi connectivity index (χ2n) is 7.68. The molecule has 1 fully saturated rings. The van der Waals surface area contributed by atoms with Gasteiger partial charge in [0, 0.05) is 17.0 Å². The summed E-state index contributed by atoms with van der Waals surface area (Å²) in [6.07, 6.45) is 0.0460. The van der Waals surface area contributed by atoms with Gasteiger partial charge in [0.15, 0.2) is 11.1 Å². The van der Waals surface area contributed by atoms with Crippen LogP contribution in [-0.4, -0.2) is 35.7 Å². The fourth-order valence-corrected chi connectivity index (χ4v) is 3.36. The van der Waals surface area contributed by atoms with Gasteiger partial charge in [0.05, 0.1) is 29.4 Å². The van der Waals surface area contributed by atoms with E-state index < -0.39 is 23.0 Å². The van der Waals surface area contributed by atoms with Crippen LogP contribution < -0.4 is 21.7 Å². The van der Waals surface area contributed by atoms with Crippen molar-refractivity contribution in [2.75, 3.05) is 5.32 Å². The molecule has 0 unspecified atom stereocenters. The summed E-state index contributed by atoms with van der Waals surface area (Å²) in [4.78, 5) is 25.1. The third kappa shape index (κ3) is 4.08. The molecule has 0 amide bonds. The highest BCUT2D eigenvalue weighted by Crippen LogP contribution is 2.34. The Morgan fingerprint density at radius 1 is 1.29 bits per heavy atom. The van der Waals surface area contributed by atoms with Crippen molar-refractivity contribution >= 4 is 23.2 Å². The van der Waals surface area contributed by atoms with Crippen LogP contribution >= 0.6 is 0 Å². The average Bonchev–Trinajstić information content (AvgIpc) is 3.41. The summed E-state index contributed by atoms with van der Waals surface area (Å²) in [5.41, 5.74) is -1.21. The molecule has 0 bridgehead atoms. The van der Waals surface area contributed by atoms with Gasteiger partial charge in [0.25, 0.3) is 0 Å². The SMILES string of the molecule is N#Cc1ccc(Nc2cc(=NC3CC3)n3ncc(=Cc4[nH]c(=O)[nH]c4O)c3n2)cc1C(F)(F)F. The highest BCUT2D eigenvalue weighted by molar-refractivity contribution is 5.63. The van der Waals surface area contributed by atoms with Crippen LogP contribution in [0.25, 0.3) is 11.7 Å². The molecule has 0 atom stereocenters. The van der Waals surface area contributed by atoms with Crippen molar-refractivity contribution in [3.63, 3.8) is 0 Å². The molecule has 34 heavy (non-hydrogen) atoms. The Kier molecular flexibility index (Phi) is 4.85. The zero-order valence-electron chi connectivity index (χ0n) is 17.2.